The van der Waals surface area contributed by atoms with Crippen LogP contribution in [-0.2, 0) is 30.3 Å². The van der Waals surface area contributed by atoms with Crippen LogP contribution in [0.2, 0.25) is 0 Å². The molecular weight excluding hydrogens is 596 g/mol. The number of ether oxygens (including phenoxy) is 1. The highest BCUT2D eigenvalue weighted by Gasteiger charge is 2.60. The van der Waals surface area contributed by atoms with Gasteiger partial charge >= 0.3 is 17.9 Å². The van der Waals surface area contributed by atoms with E-state index in [9.17, 15) is 24.3 Å². The molecule has 4 saturated carbocycles. The van der Waals surface area contributed by atoms with Gasteiger partial charge in [-0.2, -0.15) is 0 Å². The molecule has 0 aromatic heterocycles. The van der Waals surface area contributed by atoms with E-state index in [-0.39, 0.29) is 30.8 Å². The Morgan fingerprint density at radius 3 is 2.32 bits per heavy atom. The van der Waals surface area contributed by atoms with E-state index in [0.717, 1.165) is 37.7 Å². The fourth-order valence-electron chi connectivity index (χ4n) is 10.8. The lowest BCUT2D eigenvalue weighted by atomic mass is 9.44. The number of hydrogen-bond acceptors (Lipinski definition) is 6. The van der Waals surface area contributed by atoms with Gasteiger partial charge in [-0.15, -0.1) is 0 Å². The molecule has 11 atom stereocenters. The van der Waals surface area contributed by atoms with E-state index in [4.69, 9.17) is 15.6 Å². The Labute approximate surface area is 279 Å². The molecule has 0 spiro atoms. The van der Waals surface area contributed by atoms with E-state index < -0.39 is 35.9 Å². The summed E-state index contributed by atoms with van der Waals surface area (Å²) < 4.78 is 6.17. The lowest BCUT2D eigenvalue weighted by molar-refractivity contribution is -0.165. The summed E-state index contributed by atoms with van der Waals surface area (Å²) in [4.78, 5) is 48.7. The van der Waals surface area contributed by atoms with E-state index in [1.807, 2.05) is 30.3 Å². The van der Waals surface area contributed by atoms with Crippen molar-refractivity contribution in [3.05, 3.63) is 35.9 Å². The van der Waals surface area contributed by atoms with Gasteiger partial charge in [0.1, 0.15) is 18.2 Å². The zero-order chi connectivity index (χ0) is 33.9. The minimum Gasteiger partial charge on any atom is -0.481 e. The molecule has 1 aromatic rings. The molecule has 9 nitrogen and oxygen atoms in total. The number of esters is 1. The van der Waals surface area contributed by atoms with Gasteiger partial charge in [-0.25, -0.2) is 4.79 Å². The maximum absolute atomic E-state index is 13.6. The van der Waals surface area contributed by atoms with Crippen molar-refractivity contribution >= 4 is 23.8 Å². The molecular formula is C38H56N2O7. The van der Waals surface area contributed by atoms with Gasteiger partial charge in [-0.1, -0.05) is 51.1 Å². The highest BCUT2D eigenvalue weighted by atomic mass is 16.5. The Balaban J connectivity index is 1.20. The van der Waals surface area contributed by atoms with Crippen LogP contribution in [0, 0.1) is 46.3 Å². The van der Waals surface area contributed by atoms with Gasteiger partial charge in [0, 0.05) is 19.3 Å². The van der Waals surface area contributed by atoms with Gasteiger partial charge in [-0.3, -0.25) is 14.4 Å². The maximum Gasteiger partial charge on any atom is 0.329 e. The monoisotopic (exact) mass is 652 g/mol. The highest BCUT2D eigenvalue weighted by molar-refractivity contribution is 5.85. The molecule has 47 heavy (non-hydrogen) atoms. The standard InChI is InChI=1S/C38H56N2O7/c1-23(9-16-34(42)43)28-12-13-29-27-11-10-25-22-26(17-19-37(25,2)30(27)18-20-38(28,29)3)47-36(46)32(21-24-7-5-4-6-8-24)40-33(41)15-14-31(39)35(44)45/h4-8,23,25-32H,9-22,39H2,1-3H3,(H,40,41)(H,42,43)(H,44,45)/t23-,25-,26-,27+,28-,29+,30+,31+,32+,37+,38-/m1/s1. The van der Waals surface area contributed by atoms with Crippen molar-refractivity contribution in [2.75, 3.05) is 0 Å². The van der Waals surface area contributed by atoms with Gasteiger partial charge in [-0.05, 0) is 123 Å². The first-order valence-corrected chi connectivity index (χ1v) is 18.1. The molecule has 260 valence electrons. The molecule has 9 heteroatoms. The van der Waals surface area contributed by atoms with Crippen molar-refractivity contribution in [3.8, 4) is 0 Å². The summed E-state index contributed by atoms with van der Waals surface area (Å²) in [5.74, 6) is 0.927. The second-order valence-corrected chi connectivity index (χ2v) is 15.9. The number of benzene rings is 1. The molecule has 0 bridgehead atoms. The smallest absolute Gasteiger partial charge is 0.329 e. The third-order valence-corrected chi connectivity index (χ3v) is 13.4. The summed E-state index contributed by atoms with van der Waals surface area (Å²) in [5.41, 5.74) is 7.01. The van der Waals surface area contributed by atoms with Crippen molar-refractivity contribution in [1.82, 2.24) is 5.32 Å². The van der Waals surface area contributed by atoms with Crippen LogP contribution in [0.3, 0.4) is 0 Å². The maximum atomic E-state index is 13.6. The predicted octanol–water partition coefficient (Wildman–Crippen LogP) is 5.98. The van der Waals surface area contributed by atoms with Crippen LogP contribution in [0.1, 0.15) is 110 Å². The molecule has 4 aliphatic rings. The van der Waals surface area contributed by atoms with Gasteiger partial charge in [0.25, 0.3) is 0 Å². The van der Waals surface area contributed by atoms with Crippen LogP contribution in [0.25, 0.3) is 0 Å². The Morgan fingerprint density at radius 1 is 0.915 bits per heavy atom. The molecule has 0 aliphatic heterocycles. The predicted molar refractivity (Wildman–Crippen MR) is 178 cm³/mol. The van der Waals surface area contributed by atoms with Gasteiger partial charge in [0.15, 0.2) is 0 Å². The number of nitrogens with one attached hydrogen (secondary N) is 1. The first-order valence-electron chi connectivity index (χ1n) is 18.1. The molecule has 5 N–H and O–H groups in total. The zero-order valence-corrected chi connectivity index (χ0v) is 28.5. The topological polar surface area (TPSA) is 156 Å². The average molecular weight is 653 g/mol. The van der Waals surface area contributed by atoms with Crippen molar-refractivity contribution in [2.45, 2.75) is 129 Å². The summed E-state index contributed by atoms with van der Waals surface area (Å²) in [5, 5.41) is 21.2. The van der Waals surface area contributed by atoms with Crippen molar-refractivity contribution < 1.29 is 34.1 Å². The quantitative estimate of drug-likeness (QED) is 0.190. The summed E-state index contributed by atoms with van der Waals surface area (Å²) in [7, 11) is 0. The van der Waals surface area contributed by atoms with Crippen LogP contribution >= 0.6 is 0 Å². The molecule has 4 fully saturated rings. The molecule has 1 aromatic carbocycles. The molecule has 0 radical (unpaired) electrons. The van der Waals surface area contributed by atoms with E-state index in [1.165, 1.54) is 32.1 Å². The Morgan fingerprint density at radius 2 is 1.62 bits per heavy atom. The fraction of sp³-hybridized carbons (Fsp3) is 0.737. The first kappa shape index (κ1) is 35.4. The number of carbonyl (C=O) groups excluding carboxylic acids is 2. The number of fused-ring (bicyclic) bond motifs is 5. The molecule has 1 amide bonds. The largest absolute Gasteiger partial charge is 0.481 e. The summed E-state index contributed by atoms with van der Waals surface area (Å²) in [6.07, 6.45) is 11.0. The van der Waals surface area contributed by atoms with Crippen LogP contribution in [0.15, 0.2) is 30.3 Å². The Bertz CT molecular complexity index is 1290. The summed E-state index contributed by atoms with van der Waals surface area (Å²) >= 11 is 0. The van der Waals surface area contributed by atoms with Crippen molar-refractivity contribution in [2.24, 2.45) is 52.1 Å². The highest BCUT2D eigenvalue weighted by Crippen LogP contribution is 2.68. The van der Waals surface area contributed by atoms with Crippen LogP contribution in [-0.4, -0.2) is 52.2 Å². The number of amides is 1. The number of hydrogen-bond donors (Lipinski definition) is 4. The minimum absolute atomic E-state index is 0.0102. The second kappa shape index (κ2) is 14.7. The lowest BCUT2D eigenvalue weighted by Gasteiger charge is -2.61. The van der Waals surface area contributed by atoms with Gasteiger partial charge in [0.05, 0.1) is 0 Å². The number of rotatable bonds is 13. The van der Waals surface area contributed by atoms with Gasteiger partial charge < -0.3 is 26.0 Å². The number of carboxylic acid groups (broad SMARTS) is 2. The third-order valence-electron chi connectivity index (χ3n) is 13.4. The lowest BCUT2D eigenvalue weighted by Crippen LogP contribution is -2.54. The molecule has 0 heterocycles. The zero-order valence-electron chi connectivity index (χ0n) is 28.5. The van der Waals surface area contributed by atoms with E-state index in [1.54, 1.807) is 0 Å². The number of aliphatic carboxylic acids is 2. The minimum atomic E-state index is -1.16. The SMILES string of the molecule is C[C@H](CCC(=O)O)[C@H]1CC[C@H]2[C@@H]3CC[C@@H]4C[C@H](OC(=O)[C@H](Cc5ccccc5)NC(=O)CC[C@H](N)C(=O)O)CC[C@]4(C)[C@H]3CC[C@]12C. The number of nitrogens with two attached hydrogens (primary N) is 1. The Kier molecular flexibility index (Phi) is 11.0. The summed E-state index contributed by atoms with van der Waals surface area (Å²) in [6.45, 7) is 7.29. The molecule has 5 rings (SSSR count). The van der Waals surface area contributed by atoms with Crippen molar-refractivity contribution in [1.29, 1.82) is 0 Å². The average Bonchev–Trinajstić information content (AvgIpc) is 3.40. The fourth-order valence-corrected chi connectivity index (χ4v) is 10.8. The number of carboxylic acids is 2. The van der Waals surface area contributed by atoms with Crippen LogP contribution in [0.5, 0.6) is 0 Å². The summed E-state index contributed by atoms with van der Waals surface area (Å²) in [6, 6.07) is 7.52. The van der Waals surface area contributed by atoms with Crippen LogP contribution < -0.4 is 11.1 Å². The second-order valence-electron chi connectivity index (χ2n) is 15.9. The normalized spacial score (nSPS) is 34.9. The Hall–Kier alpha value is -2.94. The first-order chi connectivity index (χ1) is 22.3. The molecule has 4 aliphatic carbocycles. The van der Waals surface area contributed by atoms with E-state index in [0.29, 0.717) is 47.3 Å². The number of carbonyl (C=O) groups is 4. The van der Waals surface area contributed by atoms with E-state index in [2.05, 4.69) is 26.1 Å². The van der Waals surface area contributed by atoms with Crippen molar-refractivity contribution in [3.63, 3.8) is 0 Å². The van der Waals surface area contributed by atoms with Gasteiger partial charge in [0.2, 0.25) is 5.91 Å². The molecule has 0 unspecified atom stereocenters. The molecule has 0 saturated heterocycles. The van der Waals surface area contributed by atoms with E-state index >= 15 is 0 Å². The van der Waals surface area contributed by atoms with Crippen LogP contribution in [0.4, 0.5) is 0 Å². The third kappa shape index (κ3) is 7.71.